The van der Waals surface area contributed by atoms with Gasteiger partial charge in [-0.15, -0.1) is 0 Å². The van der Waals surface area contributed by atoms with Crippen LogP contribution in [0, 0.1) is 0 Å². The van der Waals surface area contributed by atoms with Crippen molar-refractivity contribution in [2.75, 3.05) is 13.6 Å². The minimum atomic E-state index is -0.666. The zero-order chi connectivity index (χ0) is 15.5. The topological polar surface area (TPSA) is 49.3 Å². The minimum Gasteiger partial charge on any atom is -0.481 e. The molecule has 2 N–H and O–H groups in total. The lowest BCUT2D eigenvalue weighted by atomic mass is 10.1. The Morgan fingerprint density at radius 1 is 0.800 bits per heavy atom. The number of hydrogen-bond acceptors (Lipinski definition) is 2. The van der Waals surface area contributed by atoms with Gasteiger partial charge in [0.2, 0.25) is 0 Å². The molecule has 0 rings (SSSR count). The fraction of sp³-hybridized carbons (Fsp3) is 0.941. The van der Waals surface area contributed by atoms with Gasteiger partial charge in [0.05, 0.1) is 0 Å². The smallest absolute Gasteiger partial charge is 0.303 e. The summed E-state index contributed by atoms with van der Waals surface area (Å²) in [6.45, 7) is 5.61. The number of unbranched alkanes of at least 4 members (excludes halogenated alkanes) is 9. The van der Waals surface area contributed by atoms with Crippen LogP contribution in [-0.2, 0) is 4.79 Å². The molecule has 122 valence electrons. The standard InChI is InChI=1S/C9H18O2.C8H19N/c1-2-3-4-5-6-7-8-9(10)11;1-3-4-5-6-7-8-9-2/h2-8H2,1H3,(H,10,11);9H,3-8H2,1-2H3. The third-order valence-electron chi connectivity index (χ3n) is 3.27. The molecule has 0 aromatic rings. The molecule has 0 saturated heterocycles. The lowest BCUT2D eigenvalue weighted by Gasteiger charge is -1.97. The van der Waals surface area contributed by atoms with E-state index < -0.39 is 5.97 Å². The Balaban J connectivity index is 0. The Kier molecular flexibility index (Phi) is 22.5. The summed E-state index contributed by atoms with van der Waals surface area (Å²) in [4.78, 5) is 10.1. The second-order valence-electron chi connectivity index (χ2n) is 5.43. The molecule has 0 fully saturated rings. The number of nitrogens with one attached hydrogen (secondary N) is 1. The summed E-state index contributed by atoms with van der Waals surface area (Å²) < 4.78 is 0. The first-order chi connectivity index (χ1) is 9.68. The minimum absolute atomic E-state index is 0.339. The zero-order valence-electron chi connectivity index (χ0n) is 14.0. The van der Waals surface area contributed by atoms with E-state index in [1.165, 1.54) is 64.3 Å². The van der Waals surface area contributed by atoms with E-state index in [1.54, 1.807) is 0 Å². The number of carboxylic acids is 1. The molecule has 0 spiro atoms. The molecule has 0 heterocycles. The van der Waals surface area contributed by atoms with Crippen LogP contribution in [0.15, 0.2) is 0 Å². The summed E-state index contributed by atoms with van der Waals surface area (Å²) >= 11 is 0. The maximum Gasteiger partial charge on any atom is 0.303 e. The van der Waals surface area contributed by atoms with E-state index >= 15 is 0 Å². The average molecular weight is 287 g/mol. The van der Waals surface area contributed by atoms with E-state index in [9.17, 15) is 4.79 Å². The normalized spacial score (nSPS) is 9.95. The van der Waals surface area contributed by atoms with Gasteiger partial charge in [-0.05, 0) is 26.4 Å². The van der Waals surface area contributed by atoms with Crippen molar-refractivity contribution in [3.8, 4) is 0 Å². The highest BCUT2D eigenvalue weighted by molar-refractivity contribution is 5.66. The molecule has 20 heavy (non-hydrogen) atoms. The van der Waals surface area contributed by atoms with Crippen LogP contribution in [0.5, 0.6) is 0 Å². The highest BCUT2D eigenvalue weighted by atomic mass is 16.4. The van der Waals surface area contributed by atoms with Gasteiger partial charge in [-0.2, -0.15) is 0 Å². The van der Waals surface area contributed by atoms with Gasteiger partial charge in [0.15, 0.2) is 0 Å². The first-order valence-electron chi connectivity index (χ1n) is 8.55. The molecule has 0 aliphatic carbocycles. The van der Waals surface area contributed by atoms with Gasteiger partial charge < -0.3 is 10.4 Å². The van der Waals surface area contributed by atoms with Crippen LogP contribution in [-0.4, -0.2) is 24.7 Å². The van der Waals surface area contributed by atoms with E-state index in [-0.39, 0.29) is 0 Å². The van der Waals surface area contributed by atoms with Crippen molar-refractivity contribution >= 4 is 5.97 Å². The Morgan fingerprint density at radius 2 is 1.25 bits per heavy atom. The fourth-order valence-corrected chi connectivity index (χ4v) is 1.96. The third kappa shape index (κ3) is 26.1. The van der Waals surface area contributed by atoms with Gasteiger partial charge >= 0.3 is 5.97 Å². The van der Waals surface area contributed by atoms with E-state index in [0.717, 1.165) is 12.8 Å². The van der Waals surface area contributed by atoms with Gasteiger partial charge in [-0.1, -0.05) is 71.6 Å². The first-order valence-corrected chi connectivity index (χ1v) is 8.55. The van der Waals surface area contributed by atoms with Gasteiger partial charge in [-0.3, -0.25) is 4.79 Å². The summed E-state index contributed by atoms with van der Waals surface area (Å²) in [5, 5.41) is 11.5. The van der Waals surface area contributed by atoms with E-state index in [4.69, 9.17) is 5.11 Å². The number of hydrogen-bond donors (Lipinski definition) is 2. The summed E-state index contributed by atoms with van der Waals surface area (Å²) in [6.07, 6.45) is 14.2. The predicted molar refractivity (Wildman–Crippen MR) is 88.3 cm³/mol. The molecular formula is C17H37NO2. The van der Waals surface area contributed by atoms with Crippen molar-refractivity contribution < 1.29 is 9.90 Å². The van der Waals surface area contributed by atoms with Gasteiger partial charge in [-0.25, -0.2) is 0 Å². The summed E-state index contributed by atoms with van der Waals surface area (Å²) in [7, 11) is 2.01. The van der Waals surface area contributed by atoms with Crippen LogP contribution in [0.2, 0.25) is 0 Å². The monoisotopic (exact) mass is 287 g/mol. The first kappa shape index (κ1) is 21.7. The van der Waals surface area contributed by atoms with Crippen LogP contribution >= 0.6 is 0 Å². The molecule has 0 unspecified atom stereocenters. The third-order valence-corrected chi connectivity index (χ3v) is 3.27. The van der Waals surface area contributed by atoms with Crippen LogP contribution < -0.4 is 5.32 Å². The molecule has 3 nitrogen and oxygen atoms in total. The molecule has 3 heteroatoms. The van der Waals surface area contributed by atoms with Gasteiger partial charge in [0, 0.05) is 6.42 Å². The van der Waals surface area contributed by atoms with E-state index in [2.05, 4.69) is 19.2 Å². The largest absolute Gasteiger partial charge is 0.481 e. The lowest BCUT2D eigenvalue weighted by Crippen LogP contribution is -2.06. The summed E-state index contributed by atoms with van der Waals surface area (Å²) in [5.41, 5.74) is 0. The molecule has 0 amide bonds. The van der Waals surface area contributed by atoms with Crippen LogP contribution in [0.25, 0.3) is 0 Å². The Morgan fingerprint density at radius 3 is 1.70 bits per heavy atom. The van der Waals surface area contributed by atoms with Gasteiger partial charge in [0.1, 0.15) is 0 Å². The molecule has 0 atom stereocenters. The van der Waals surface area contributed by atoms with Crippen molar-refractivity contribution in [1.29, 1.82) is 0 Å². The molecule has 0 aromatic heterocycles. The number of carbonyl (C=O) groups is 1. The van der Waals surface area contributed by atoms with Crippen molar-refractivity contribution in [2.24, 2.45) is 0 Å². The summed E-state index contributed by atoms with van der Waals surface area (Å²) in [6, 6.07) is 0. The highest BCUT2D eigenvalue weighted by Crippen LogP contribution is 2.06. The maximum atomic E-state index is 10.1. The van der Waals surface area contributed by atoms with E-state index in [1.807, 2.05) is 7.05 Å². The predicted octanol–water partition coefficient (Wildman–Crippen LogP) is 5.00. The number of rotatable bonds is 13. The second-order valence-corrected chi connectivity index (χ2v) is 5.43. The van der Waals surface area contributed by atoms with Crippen molar-refractivity contribution in [3.05, 3.63) is 0 Å². The van der Waals surface area contributed by atoms with Crippen molar-refractivity contribution in [3.63, 3.8) is 0 Å². The molecule has 0 bridgehead atoms. The van der Waals surface area contributed by atoms with Crippen molar-refractivity contribution in [2.45, 2.75) is 90.9 Å². The van der Waals surface area contributed by atoms with Crippen LogP contribution in [0.4, 0.5) is 0 Å². The Hall–Kier alpha value is -0.570. The lowest BCUT2D eigenvalue weighted by molar-refractivity contribution is -0.137. The van der Waals surface area contributed by atoms with Crippen LogP contribution in [0.3, 0.4) is 0 Å². The van der Waals surface area contributed by atoms with Gasteiger partial charge in [0.25, 0.3) is 0 Å². The molecular weight excluding hydrogens is 250 g/mol. The van der Waals surface area contributed by atoms with Crippen molar-refractivity contribution in [1.82, 2.24) is 5.32 Å². The average Bonchev–Trinajstić information content (AvgIpc) is 2.43. The number of aliphatic carboxylic acids is 1. The summed E-state index contributed by atoms with van der Waals surface area (Å²) in [5.74, 6) is -0.666. The quantitative estimate of drug-likeness (QED) is 0.469. The number of carboxylic acid groups (broad SMARTS) is 1. The molecule has 0 aromatic carbocycles. The maximum absolute atomic E-state index is 10.1. The molecule has 0 aliphatic rings. The molecule has 0 saturated carbocycles. The molecule has 0 radical (unpaired) electrons. The SMILES string of the molecule is CCCCCCCCC(=O)O.CCCCCCCNC. The molecule has 0 aliphatic heterocycles. The second kappa shape index (κ2) is 20.7. The van der Waals surface area contributed by atoms with E-state index in [0.29, 0.717) is 6.42 Å². The Labute approximate surface area is 126 Å². The van der Waals surface area contributed by atoms with Crippen LogP contribution in [0.1, 0.15) is 90.9 Å². The zero-order valence-corrected chi connectivity index (χ0v) is 14.0. The fourth-order valence-electron chi connectivity index (χ4n) is 1.96. The highest BCUT2D eigenvalue weighted by Gasteiger charge is 1.95. The Bertz CT molecular complexity index is 178.